The molecule has 0 bridgehead atoms. The van der Waals surface area contributed by atoms with E-state index in [9.17, 15) is 14.9 Å². The summed E-state index contributed by atoms with van der Waals surface area (Å²) in [6, 6.07) is 4.74. The highest BCUT2D eigenvalue weighted by Gasteiger charge is 2.13. The minimum atomic E-state index is -0.473. The molecule has 0 unspecified atom stereocenters. The molecule has 0 spiro atoms. The van der Waals surface area contributed by atoms with Crippen molar-refractivity contribution in [1.82, 2.24) is 5.32 Å². The average molecular weight is 237 g/mol. The van der Waals surface area contributed by atoms with Crippen molar-refractivity contribution in [3.63, 3.8) is 0 Å². The van der Waals surface area contributed by atoms with E-state index >= 15 is 0 Å². The molecule has 1 aromatic carbocycles. The highest BCUT2D eigenvalue weighted by molar-refractivity contribution is 5.81. The lowest BCUT2D eigenvalue weighted by atomic mass is 10.2. The second kappa shape index (κ2) is 5.83. The lowest BCUT2D eigenvalue weighted by Gasteiger charge is -2.07. The number of nitro groups is 1. The van der Waals surface area contributed by atoms with Crippen LogP contribution in [0.4, 0.5) is 11.4 Å². The van der Waals surface area contributed by atoms with Gasteiger partial charge in [-0.1, -0.05) is 6.07 Å². The first kappa shape index (κ1) is 13.0. The van der Waals surface area contributed by atoms with Gasteiger partial charge >= 0.3 is 0 Å². The van der Waals surface area contributed by atoms with Crippen molar-refractivity contribution in [3.05, 3.63) is 33.9 Å². The monoisotopic (exact) mass is 237 g/mol. The Morgan fingerprint density at radius 1 is 1.47 bits per heavy atom. The number of nitrogens with zero attached hydrogens (tertiary/aromatic N) is 1. The fourth-order valence-electron chi connectivity index (χ4n) is 1.39. The van der Waals surface area contributed by atoms with Crippen molar-refractivity contribution < 1.29 is 9.72 Å². The minimum Gasteiger partial charge on any atom is -0.371 e. The zero-order valence-electron chi connectivity index (χ0n) is 9.82. The maximum absolute atomic E-state index is 11.2. The van der Waals surface area contributed by atoms with Gasteiger partial charge in [-0.3, -0.25) is 14.9 Å². The minimum absolute atomic E-state index is 0.0259. The number of benzene rings is 1. The first-order valence-corrected chi connectivity index (χ1v) is 5.30. The van der Waals surface area contributed by atoms with Gasteiger partial charge in [-0.25, -0.2) is 0 Å². The molecule has 6 heteroatoms. The highest BCUT2D eigenvalue weighted by Crippen LogP contribution is 2.24. The Bertz CT molecular complexity index is 432. The predicted molar refractivity (Wildman–Crippen MR) is 65.0 cm³/mol. The molecule has 0 fully saturated rings. The van der Waals surface area contributed by atoms with E-state index in [-0.39, 0.29) is 18.1 Å². The fourth-order valence-corrected chi connectivity index (χ4v) is 1.39. The Hall–Kier alpha value is -2.11. The molecule has 6 nitrogen and oxygen atoms in total. The van der Waals surface area contributed by atoms with Gasteiger partial charge in [0.15, 0.2) is 0 Å². The average Bonchev–Trinajstić information content (AvgIpc) is 2.26. The zero-order chi connectivity index (χ0) is 12.8. The number of aryl methyl sites for hydroxylation is 1. The lowest BCUT2D eigenvalue weighted by Crippen LogP contribution is -2.29. The molecule has 2 N–H and O–H groups in total. The third-order valence-electron chi connectivity index (χ3n) is 2.16. The number of nitrogens with one attached hydrogen (secondary N) is 2. The summed E-state index contributed by atoms with van der Waals surface area (Å²) < 4.78 is 0. The number of likely N-dealkylation sites (N-methyl/N-ethyl adjacent to an activating group) is 1. The van der Waals surface area contributed by atoms with Gasteiger partial charge in [-0.2, -0.15) is 0 Å². The van der Waals surface area contributed by atoms with E-state index in [1.54, 1.807) is 12.1 Å². The van der Waals surface area contributed by atoms with E-state index < -0.39 is 4.92 Å². The molecule has 0 aliphatic heterocycles. The Labute approximate surface area is 99.2 Å². The number of nitro benzene ring substituents is 1. The van der Waals surface area contributed by atoms with Crippen molar-refractivity contribution in [1.29, 1.82) is 0 Å². The molecule has 0 radical (unpaired) electrons. The van der Waals surface area contributed by atoms with Crippen LogP contribution in [0, 0.1) is 17.0 Å². The number of rotatable bonds is 5. The van der Waals surface area contributed by atoms with Gasteiger partial charge in [-0.05, 0) is 25.5 Å². The lowest BCUT2D eigenvalue weighted by molar-refractivity contribution is -0.384. The number of carbonyl (C=O) groups is 1. The Morgan fingerprint density at radius 3 is 2.76 bits per heavy atom. The summed E-state index contributed by atoms with van der Waals surface area (Å²) >= 11 is 0. The first-order valence-electron chi connectivity index (χ1n) is 5.30. The quantitative estimate of drug-likeness (QED) is 0.599. The summed E-state index contributed by atoms with van der Waals surface area (Å²) in [5.74, 6) is -0.191. The molecule has 0 saturated carbocycles. The summed E-state index contributed by atoms with van der Waals surface area (Å²) in [5.41, 5.74) is 1.23. The van der Waals surface area contributed by atoms with Gasteiger partial charge in [0.25, 0.3) is 5.69 Å². The van der Waals surface area contributed by atoms with Crippen molar-refractivity contribution in [2.75, 3.05) is 18.4 Å². The molecule has 1 rings (SSSR count). The summed E-state index contributed by atoms with van der Waals surface area (Å²) in [5, 5.41) is 16.1. The van der Waals surface area contributed by atoms with Crippen molar-refractivity contribution in [2.24, 2.45) is 0 Å². The van der Waals surface area contributed by atoms with Crippen LogP contribution in [0.3, 0.4) is 0 Å². The standard InChI is InChI=1S/C11H15N3O3/c1-3-12-11(15)7-13-9-6-8(2)4-5-10(9)14(16)17/h4-6,13H,3,7H2,1-2H3,(H,12,15). The van der Waals surface area contributed by atoms with Crippen molar-refractivity contribution >= 4 is 17.3 Å². The van der Waals surface area contributed by atoms with Gasteiger partial charge in [0, 0.05) is 12.6 Å². The molecule has 0 saturated heterocycles. The largest absolute Gasteiger partial charge is 0.371 e. The summed E-state index contributed by atoms with van der Waals surface area (Å²) in [6.45, 7) is 4.21. The van der Waals surface area contributed by atoms with E-state index in [1.165, 1.54) is 6.07 Å². The number of anilines is 1. The third-order valence-corrected chi connectivity index (χ3v) is 2.16. The normalized spacial score (nSPS) is 9.76. The van der Waals surface area contributed by atoms with Gasteiger partial charge in [0.05, 0.1) is 11.5 Å². The maximum atomic E-state index is 11.2. The van der Waals surface area contributed by atoms with Gasteiger partial charge in [-0.15, -0.1) is 0 Å². The molecule has 92 valence electrons. The van der Waals surface area contributed by atoms with Crippen LogP contribution in [0.15, 0.2) is 18.2 Å². The summed E-state index contributed by atoms with van der Waals surface area (Å²) in [7, 11) is 0. The van der Waals surface area contributed by atoms with E-state index in [2.05, 4.69) is 10.6 Å². The van der Waals surface area contributed by atoms with Crippen LogP contribution in [-0.4, -0.2) is 23.9 Å². The summed E-state index contributed by atoms with van der Waals surface area (Å²) in [4.78, 5) is 21.5. The molecule has 0 aliphatic rings. The number of amides is 1. The molecule has 0 heterocycles. The van der Waals surface area contributed by atoms with E-state index in [4.69, 9.17) is 0 Å². The highest BCUT2D eigenvalue weighted by atomic mass is 16.6. The fraction of sp³-hybridized carbons (Fsp3) is 0.364. The molecule has 1 aromatic rings. The van der Waals surface area contributed by atoms with E-state index in [1.807, 2.05) is 13.8 Å². The molecule has 0 aromatic heterocycles. The Kier molecular flexibility index (Phi) is 4.45. The zero-order valence-corrected chi connectivity index (χ0v) is 9.82. The third kappa shape index (κ3) is 3.75. The van der Waals surface area contributed by atoms with Crippen molar-refractivity contribution in [3.8, 4) is 0 Å². The van der Waals surface area contributed by atoms with Crippen LogP contribution in [-0.2, 0) is 4.79 Å². The number of carbonyl (C=O) groups excluding carboxylic acids is 1. The first-order chi connectivity index (χ1) is 8.04. The molecular formula is C11H15N3O3. The molecule has 17 heavy (non-hydrogen) atoms. The topological polar surface area (TPSA) is 84.3 Å². The van der Waals surface area contributed by atoms with Crippen LogP contribution < -0.4 is 10.6 Å². The Morgan fingerprint density at radius 2 is 2.18 bits per heavy atom. The van der Waals surface area contributed by atoms with Crippen LogP contribution in [0.2, 0.25) is 0 Å². The van der Waals surface area contributed by atoms with Crippen LogP contribution in [0.5, 0.6) is 0 Å². The van der Waals surface area contributed by atoms with Gasteiger partial charge in [0.1, 0.15) is 5.69 Å². The second-order valence-corrected chi connectivity index (χ2v) is 3.58. The molecular weight excluding hydrogens is 222 g/mol. The Balaban J connectivity index is 2.78. The van der Waals surface area contributed by atoms with Gasteiger partial charge in [0.2, 0.25) is 5.91 Å². The number of hydrogen-bond acceptors (Lipinski definition) is 4. The van der Waals surface area contributed by atoms with Gasteiger partial charge < -0.3 is 10.6 Å². The van der Waals surface area contributed by atoms with E-state index in [0.29, 0.717) is 12.2 Å². The van der Waals surface area contributed by atoms with Crippen LogP contribution >= 0.6 is 0 Å². The van der Waals surface area contributed by atoms with E-state index in [0.717, 1.165) is 5.56 Å². The maximum Gasteiger partial charge on any atom is 0.292 e. The smallest absolute Gasteiger partial charge is 0.292 e. The number of hydrogen-bond donors (Lipinski definition) is 2. The van der Waals surface area contributed by atoms with Crippen molar-refractivity contribution in [2.45, 2.75) is 13.8 Å². The predicted octanol–water partition coefficient (Wildman–Crippen LogP) is 1.45. The SMILES string of the molecule is CCNC(=O)CNc1cc(C)ccc1[N+](=O)[O-]. The molecule has 0 atom stereocenters. The summed E-state index contributed by atoms with van der Waals surface area (Å²) in [6.07, 6.45) is 0. The van der Waals surface area contributed by atoms with Crippen LogP contribution in [0.1, 0.15) is 12.5 Å². The molecule has 1 amide bonds. The van der Waals surface area contributed by atoms with Crippen LogP contribution in [0.25, 0.3) is 0 Å². The second-order valence-electron chi connectivity index (χ2n) is 3.58. The molecule has 0 aliphatic carbocycles.